The molecular weight excluding hydrogens is 527 g/mol. The maximum atomic E-state index is 13.3. The molecule has 2 aromatic carbocycles. The van der Waals surface area contributed by atoms with E-state index in [1.54, 1.807) is 12.3 Å². The number of nitrogens with zero attached hydrogens (tertiary/aromatic N) is 1. The highest BCUT2D eigenvalue weighted by atomic mass is 19.4. The SMILES string of the molecule is CN(C)c1ccc([C@H]2C[C@@]3(C)[C@@H](CC[C@@]3(O)C#Cc3cccc(C(F)(F)F)c3)[C@@H]3OC=C4CC(=O)CCC4=C32)cc1. The summed E-state index contributed by atoms with van der Waals surface area (Å²) in [5, 5.41) is 12.1. The molecule has 3 fully saturated rings. The van der Waals surface area contributed by atoms with Crippen LogP contribution in [0.25, 0.3) is 0 Å². The normalized spacial score (nSPS) is 30.8. The minimum atomic E-state index is -4.46. The Balaban J connectivity index is 1.42. The number of Topliss-reactive ketones (excluding diaryl/α,β-unsaturated/α-hetero) is 1. The lowest BCUT2D eigenvalue weighted by molar-refractivity contribution is -0.137. The van der Waals surface area contributed by atoms with Gasteiger partial charge in [0.05, 0.1) is 11.8 Å². The Labute approximate surface area is 238 Å². The maximum Gasteiger partial charge on any atom is 0.416 e. The zero-order valence-electron chi connectivity index (χ0n) is 23.5. The van der Waals surface area contributed by atoms with Gasteiger partial charge in [0.2, 0.25) is 0 Å². The molecule has 0 amide bonds. The highest BCUT2D eigenvalue weighted by Crippen LogP contribution is 2.64. The number of aliphatic hydroxyl groups is 1. The summed E-state index contributed by atoms with van der Waals surface area (Å²) in [4.78, 5) is 14.3. The van der Waals surface area contributed by atoms with E-state index in [4.69, 9.17) is 4.74 Å². The smallest absolute Gasteiger partial charge is 0.416 e. The molecule has 214 valence electrons. The quantitative estimate of drug-likeness (QED) is 0.410. The summed E-state index contributed by atoms with van der Waals surface area (Å²) in [6.07, 6.45) is 0.325. The minimum Gasteiger partial charge on any atom is -0.493 e. The number of benzene rings is 2. The van der Waals surface area contributed by atoms with Gasteiger partial charge >= 0.3 is 6.18 Å². The highest BCUT2D eigenvalue weighted by molar-refractivity contribution is 5.84. The third-order valence-corrected chi connectivity index (χ3v) is 9.81. The molecular formula is C34H34F3NO3. The van der Waals surface area contributed by atoms with Crippen LogP contribution in [0.4, 0.5) is 18.9 Å². The molecule has 2 aromatic rings. The fraction of sp³-hybridized carbons (Fsp3) is 0.441. The molecule has 7 heteroatoms. The number of ketones is 1. The van der Waals surface area contributed by atoms with Crippen molar-refractivity contribution in [3.63, 3.8) is 0 Å². The number of ether oxygens (including phenoxy) is 1. The van der Waals surface area contributed by atoms with Gasteiger partial charge in [0.25, 0.3) is 0 Å². The highest BCUT2D eigenvalue weighted by Gasteiger charge is 2.63. The number of rotatable bonds is 2. The van der Waals surface area contributed by atoms with Crippen LogP contribution in [0.3, 0.4) is 0 Å². The molecule has 0 bridgehead atoms. The summed E-state index contributed by atoms with van der Waals surface area (Å²) < 4.78 is 46.3. The number of halogens is 3. The first-order valence-electron chi connectivity index (χ1n) is 14.2. The van der Waals surface area contributed by atoms with Crippen LogP contribution < -0.4 is 4.90 Å². The van der Waals surface area contributed by atoms with E-state index in [0.29, 0.717) is 38.5 Å². The lowest BCUT2D eigenvalue weighted by atomic mass is 9.55. The number of carbonyl (C=O) groups is 1. The van der Waals surface area contributed by atoms with Crippen LogP contribution in [0.5, 0.6) is 0 Å². The molecule has 1 heterocycles. The molecule has 1 aliphatic heterocycles. The van der Waals surface area contributed by atoms with Gasteiger partial charge in [-0.2, -0.15) is 13.2 Å². The van der Waals surface area contributed by atoms with E-state index >= 15 is 0 Å². The minimum absolute atomic E-state index is 0.0291. The first kappa shape index (κ1) is 27.7. The van der Waals surface area contributed by atoms with Crippen molar-refractivity contribution >= 4 is 11.5 Å². The second-order valence-electron chi connectivity index (χ2n) is 12.3. The average molecular weight is 562 g/mol. The second-order valence-corrected chi connectivity index (χ2v) is 12.3. The number of hydrogen-bond acceptors (Lipinski definition) is 4. The predicted molar refractivity (Wildman–Crippen MR) is 151 cm³/mol. The van der Waals surface area contributed by atoms with Crippen LogP contribution in [0.1, 0.15) is 68.1 Å². The van der Waals surface area contributed by atoms with E-state index in [1.807, 2.05) is 19.0 Å². The fourth-order valence-electron chi connectivity index (χ4n) is 7.47. The van der Waals surface area contributed by atoms with Gasteiger partial charge < -0.3 is 14.7 Å². The van der Waals surface area contributed by atoms with Gasteiger partial charge in [0.15, 0.2) is 0 Å². The van der Waals surface area contributed by atoms with E-state index in [1.165, 1.54) is 17.2 Å². The summed E-state index contributed by atoms with van der Waals surface area (Å²) in [6, 6.07) is 13.4. The molecule has 5 atom stereocenters. The Hall–Kier alpha value is -3.50. The fourth-order valence-corrected chi connectivity index (χ4v) is 7.47. The number of fused-ring (bicyclic) bond motifs is 4. The summed E-state index contributed by atoms with van der Waals surface area (Å²) in [5.74, 6) is 6.07. The van der Waals surface area contributed by atoms with Gasteiger partial charge in [0, 0.05) is 55.4 Å². The van der Waals surface area contributed by atoms with Crippen molar-refractivity contribution in [2.24, 2.45) is 11.3 Å². The third-order valence-electron chi connectivity index (χ3n) is 9.81. The first-order valence-corrected chi connectivity index (χ1v) is 14.2. The van der Waals surface area contributed by atoms with Gasteiger partial charge in [-0.1, -0.05) is 37.0 Å². The maximum absolute atomic E-state index is 13.3. The van der Waals surface area contributed by atoms with Crippen molar-refractivity contribution in [3.05, 3.63) is 88.2 Å². The molecule has 41 heavy (non-hydrogen) atoms. The molecule has 4 nitrogen and oxygen atoms in total. The van der Waals surface area contributed by atoms with Gasteiger partial charge in [-0.05, 0) is 78.3 Å². The van der Waals surface area contributed by atoms with E-state index in [-0.39, 0.29) is 29.3 Å². The predicted octanol–water partition coefficient (Wildman–Crippen LogP) is 6.79. The summed E-state index contributed by atoms with van der Waals surface area (Å²) in [6.45, 7) is 2.06. The second kappa shape index (κ2) is 9.80. The molecule has 1 N–H and O–H groups in total. The summed E-state index contributed by atoms with van der Waals surface area (Å²) in [7, 11) is 3.99. The van der Waals surface area contributed by atoms with Gasteiger partial charge in [-0.15, -0.1) is 0 Å². The number of hydrogen-bond donors (Lipinski definition) is 1. The lowest BCUT2D eigenvalue weighted by Crippen LogP contribution is -2.53. The van der Waals surface area contributed by atoms with Crippen molar-refractivity contribution < 1.29 is 27.8 Å². The van der Waals surface area contributed by atoms with E-state index in [0.717, 1.165) is 29.0 Å². The largest absolute Gasteiger partial charge is 0.493 e. The van der Waals surface area contributed by atoms with Gasteiger partial charge in [-0.3, -0.25) is 4.79 Å². The van der Waals surface area contributed by atoms with E-state index < -0.39 is 22.8 Å². The van der Waals surface area contributed by atoms with Crippen LogP contribution in [0, 0.1) is 23.2 Å². The number of carbonyl (C=O) groups excluding carboxylic acids is 1. The van der Waals surface area contributed by atoms with Crippen LogP contribution in [0.2, 0.25) is 0 Å². The van der Waals surface area contributed by atoms with Crippen molar-refractivity contribution in [2.75, 3.05) is 19.0 Å². The molecule has 0 spiro atoms. The van der Waals surface area contributed by atoms with Gasteiger partial charge in [-0.25, -0.2) is 0 Å². The zero-order valence-corrected chi connectivity index (χ0v) is 23.5. The van der Waals surface area contributed by atoms with Crippen molar-refractivity contribution in [3.8, 4) is 11.8 Å². The topological polar surface area (TPSA) is 49.8 Å². The van der Waals surface area contributed by atoms with E-state index in [2.05, 4.69) is 43.0 Å². The molecule has 0 unspecified atom stereocenters. The van der Waals surface area contributed by atoms with Gasteiger partial charge in [0.1, 0.15) is 17.5 Å². The van der Waals surface area contributed by atoms with Crippen LogP contribution >= 0.6 is 0 Å². The number of alkyl halides is 3. The van der Waals surface area contributed by atoms with E-state index in [9.17, 15) is 23.1 Å². The molecule has 3 aliphatic carbocycles. The van der Waals surface area contributed by atoms with Crippen LogP contribution in [-0.4, -0.2) is 36.7 Å². The monoisotopic (exact) mass is 561 g/mol. The number of anilines is 1. The number of allylic oxidation sites excluding steroid dienone is 2. The molecule has 4 aliphatic rings. The molecule has 0 aromatic heterocycles. The Morgan fingerprint density at radius 3 is 2.56 bits per heavy atom. The standard InChI is InChI=1S/C34H34F3NO3/c1-32-19-28(22-7-9-25(10-8-22)38(2)3)30-27-12-11-26(39)18-23(27)20-41-31(30)29(32)14-16-33(32,40)15-13-21-5-4-6-24(17-21)34(35,36)37/h4-10,17,20,28-29,31,40H,11-12,14,16,18-19H2,1-3H3/t28-,29+,31+,32+,33+/m1/s1. The first-order chi connectivity index (χ1) is 19.4. The summed E-state index contributed by atoms with van der Waals surface area (Å²) >= 11 is 0. The molecule has 0 radical (unpaired) electrons. The Morgan fingerprint density at radius 1 is 1.10 bits per heavy atom. The van der Waals surface area contributed by atoms with Crippen molar-refractivity contribution in [2.45, 2.75) is 69.2 Å². The molecule has 0 saturated heterocycles. The average Bonchev–Trinajstić information content (AvgIpc) is 3.21. The summed E-state index contributed by atoms with van der Waals surface area (Å²) in [5.41, 5.74) is 2.98. The third kappa shape index (κ3) is 4.67. The van der Waals surface area contributed by atoms with Crippen LogP contribution in [0.15, 0.2) is 71.5 Å². The Kier molecular flexibility index (Phi) is 6.61. The Bertz CT molecular complexity index is 1510. The lowest BCUT2D eigenvalue weighted by Gasteiger charge is -2.52. The Morgan fingerprint density at radius 2 is 1.85 bits per heavy atom. The van der Waals surface area contributed by atoms with Crippen LogP contribution in [-0.2, 0) is 15.7 Å². The molecule has 3 saturated carbocycles. The van der Waals surface area contributed by atoms with Crippen molar-refractivity contribution in [1.29, 1.82) is 0 Å². The zero-order chi connectivity index (χ0) is 29.2. The van der Waals surface area contributed by atoms with Crippen molar-refractivity contribution in [1.82, 2.24) is 0 Å². The molecule has 6 rings (SSSR count).